The molecule has 0 aliphatic rings. The Bertz CT molecular complexity index is 478. The number of rotatable bonds is 9. The fourth-order valence-corrected chi connectivity index (χ4v) is 2.50. The third kappa shape index (κ3) is 5.36. The molecule has 0 amide bonds. The molecule has 5 nitrogen and oxygen atoms in total. The highest BCUT2D eigenvalue weighted by atomic mass is 32.2. The van der Waals surface area contributed by atoms with Gasteiger partial charge in [0, 0.05) is 20.3 Å². The lowest BCUT2D eigenvalue weighted by Crippen LogP contribution is -2.10. The molecule has 0 bridgehead atoms. The standard InChI is InChI=1S/C13H17FO5S/c1-18-5-2-6-19-7-8-20(17)12-9-10(13(15)16)3-4-11(12)14/h3-4,9H,2,5-8H2,1H3,(H,15,16). The van der Waals surface area contributed by atoms with Crippen LogP contribution in [-0.4, -0.2) is 48.0 Å². The van der Waals surface area contributed by atoms with Crippen molar-refractivity contribution in [1.82, 2.24) is 0 Å². The Morgan fingerprint density at radius 3 is 2.75 bits per heavy atom. The summed E-state index contributed by atoms with van der Waals surface area (Å²) in [4.78, 5) is 10.7. The van der Waals surface area contributed by atoms with Crippen molar-refractivity contribution < 1.29 is 28.0 Å². The molecule has 0 saturated heterocycles. The van der Waals surface area contributed by atoms with Crippen LogP contribution in [0.15, 0.2) is 23.1 Å². The van der Waals surface area contributed by atoms with Crippen LogP contribution < -0.4 is 0 Å². The van der Waals surface area contributed by atoms with E-state index in [1.54, 1.807) is 7.11 Å². The Morgan fingerprint density at radius 2 is 2.10 bits per heavy atom. The zero-order valence-corrected chi connectivity index (χ0v) is 12.0. The largest absolute Gasteiger partial charge is 0.478 e. The maximum absolute atomic E-state index is 13.5. The number of carboxylic acid groups (broad SMARTS) is 1. The summed E-state index contributed by atoms with van der Waals surface area (Å²) >= 11 is 0. The first-order chi connectivity index (χ1) is 9.56. The lowest BCUT2D eigenvalue weighted by atomic mass is 10.2. The van der Waals surface area contributed by atoms with Crippen molar-refractivity contribution in [3.05, 3.63) is 29.6 Å². The van der Waals surface area contributed by atoms with Crippen molar-refractivity contribution in [3.63, 3.8) is 0 Å². The molecule has 1 rings (SSSR count). The highest BCUT2D eigenvalue weighted by Gasteiger charge is 2.13. The van der Waals surface area contributed by atoms with Crippen LogP contribution in [-0.2, 0) is 20.3 Å². The summed E-state index contributed by atoms with van der Waals surface area (Å²) in [6, 6.07) is 3.24. The Hall–Kier alpha value is -1.31. The van der Waals surface area contributed by atoms with Gasteiger partial charge in [-0.25, -0.2) is 9.18 Å². The van der Waals surface area contributed by atoms with E-state index in [9.17, 15) is 13.4 Å². The smallest absolute Gasteiger partial charge is 0.335 e. The summed E-state index contributed by atoms with van der Waals surface area (Å²) in [5, 5.41) is 8.82. The first kappa shape index (κ1) is 16.7. The molecule has 1 N–H and O–H groups in total. The van der Waals surface area contributed by atoms with E-state index in [4.69, 9.17) is 14.6 Å². The van der Waals surface area contributed by atoms with Gasteiger partial charge in [-0.3, -0.25) is 4.21 Å². The molecule has 1 aromatic carbocycles. The first-order valence-electron chi connectivity index (χ1n) is 6.04. The third-order valence-corrected chi connectivity index (χ3v) is 3.81. The summed E-state index contributed by atoms with van der Waals surface area (Å²) in [6.07, 6.45) is 0.728. The zero-order chi connectivity index (χ0) is 15.0. The number of carboxylic acids is 1. The van der Waals surface area contributed by atoms with Crippen molar-refractivity contribution in [2.45, 2.75) is 11.3 Å². The second kappa shape index (κ2) is 8.78. The number of benzene rings is 1. The predicted octanol–water partition coefficient (Wildman–Crippen LogP) is 1.68. The van der Waals surface area contributed by atoms with Crippen molar-refractivity contribution in [3.8, 4) is 0 Å². The minimum Gasteiger partial charge on any atom is -0.478 e. The van der Waals surface area contributed by atoms with Gasteiger partial charge in [0.05, 0.1) is 33.6 Å². The fraction of sp³-hybridized carbons (Fsp3) is 0.462. The maximum Gasteiger partial charge on any atom is 0.335 e. The van der Waals surface area contributed by atoms with Crippen LogP contribution in [0.1, 0.15) is 16.8 Å². The van der Waals surface area contributed by atoms with Crippen LogP contribution in [0.4, 0.5) is 4.39 Å². The predicted molar refractivity (Wildman–Crippen MR) is 71.9 cm³/mol. The molecule has 20 heavy (non-hydrogen) atoms. The van der Waals surface area contributed by atoms with E-state index in [-0.39, 0.29) is 22.8 Å². The topological polar surface area (TPSA) is 72.8 Å². The molecule has 0 aliphatic heterocycles. The van der Waals surface area contributed by atoms with Crippen molar-refractivity contribution in [2.75, 3.05) is 32.7 Å². The third-order valence-electron chi connectivity index (χ3n) is 2.47. The lowest BCUT2D eigenvalue weighted by Gasteiger charge is -2.06. The molecule has 0 heterocycles. The molecule has 112 valence electrons. The van der Waals surface area contributed by atoms with Gasteiger partial charge < -0.3 is 14.6 Å². The highest BCUT2D eigenvalue weighted by Crippen LogP contribution is 2.15. The number of hydrogen-bond donors (Lipinski definition) is 1. The lowest BCUT2D eigenvalue weighted by molar-refractivity contribution is 0.0696. The van der Waals surface area contributed by atoms with Crippen LogP contribution in [0.2, 0.25) is 0 Å². The normalized spacial score (nSPS) is 12.3. The molecule has 1 unspecified atom stereocenters. The molecule has 1 atom stereocenters. The fourth-order valence-electron chi connectivity index (χ4n) is 1.46. The van der Waals surface area contributed by atoms with Crippen LogP contribution in [0, 0.1) is 5.82 Å². The Kier molecular flexibility index (Phi) is 7.35. The van der Waals surface area contributed by atoms with E-state index in [1.165, 1.54) is 0 Å². The number of hydrogen-bond acceptors (Lipinski definition) is 4. The molecule has 0 aromatic heterocycles. The highest BCUT2D eigenvalue weighted by molar-refractivity contribution is 7.85. The quantitative estimate of drug-likeness (QED) is 0.703. The van der Waals surface area contributed by atoms with E-state index in [0.717, 1.165) is 24.6 Å². The summed E-state index contributed by atoms with van der Waals surface area (Å²) in [5.74, 6) is -1.74. The summed E-state index contributed by atoms with van der Waals surface area (Å²) in [6.45, 7) is 1.27. The maximum atomic E-state index is 13.5. The first-order valence-corrected chi connectivity index (χ1v) is 7.36. The second-order valence-corrected chi connectivity index (χ2v) is 5.50. The van der Waals surface area contributed by atoms with Gasteiger partial charge in [-0.05, 0) is 24.6 Å². The van der Waals surface area contributed by atoms with Gasteiger partial charge in [0.15, 0.2) is 0 Å². The van der Waals surface area contributed by atoms with Gasteiger partial charge in [0.25, 0.3) is 0 Å². The average Bonchev–Trinajstić information content (AvgIpc) is 2.42. The van der Waals surface area contributed by atoms with Gasteiger partial charge in [-0.2, -0.15) is 0 Å². The van der Waals surface area contributed by atoms with Gasteiger partial charge in [0.1, 0.15) is 5.82 Å². The van der Waals surface area contributed by atoms with E-state index < -0.39 is 22.6 Å². The molecule has 1 aromatic rings. The Balaban J connectivity index is 2.50. The van der Waals surface area contributed by atoms with E-state index in [1.807, 2.05) is 0 Å². The molecule has 0 fully saturated rings. The van der Waals surface area contributed by atoms with Gasteiger partial charge in [-0.15, -0.1) is 0 Å². The molecule has 0 aliphatic carbocycles. The Morgan fingerprint density at radius 1 is 1.35 bits per heavy atom. The average molecular weight is 304 g/mol. The van der Waals surface area contributed by atoms with Gasteiger partial charge >= 0.3 is 5.97 Å². The van der Waals surface area contributed by atoms with Gasteiger partial charge in [0.2, 0.25) is 0 Å². The van der Waals surface area contributed by atoms with E-state index in [2.05, 4.69) is 0 Å². The number of aromatic carboxylic acids is 1. The Labute approximate surface area is 119 Å². The second-order valence-electron chi connectivity index (χ2n) is 3.96. The zero-order valence-electron chi connectivity index (χ0n) is 11.1. The van der Waals surface area contributed by atoms with Gasteiger partial charge in [-0.1, -0.05) is 0 Å². The summed E-state index contributed by atoms with van der Waals surface area (Å²) in [5.41, 5.74) is -0.0873. The minimum absolute atomic E-state index is 0.0873. The van der Waals surface area contributed by atoms with E-state index in [0.29, 0.717) is 13.2 Å². The van der Waals surface area contributed by atoms with Crippen molar-refractivity contribution >= 4 is 16.8 Å². The van der Waals surface area contributed by atoms with E-state index >= 15 is 0 Å². The molecule has 0 radical (unpaired) electrons. The molecule has 7 heteroatoms. The number of carbonyl (C=O) groups is 1. The minimum atomic E-state index is -1.62. The van der Waals surface area contributed by atoms with Crippen LogP contribution in [0.5, 0.6) is 0 Å². The van der Waals surface area contributed by atoms with Crippen molar-refractivity contribution in [1.29, 1.82) is 0 Å². The van der Waals surface area contributed by atoms with Crippen molar-refractivity contribution in [2.24, 2.45) is 0 Å². The summed E-state index contributed by atoms with van der Waals surface area (Å²) in [7, 11) is -0.0330. The number of methoxy groups -OCH3 is 1. The number of ether oxygens (including phenoxy) is 2. The monoisotopic (exact) mass is 304 g/mol. The van der Waals surface area contributed by atoms with Crippen LogP contribution in [0.25, 0.3) is 0 Å². The molecular formula is C13H17FO5S. The number of halogens is 1. The summed E-state index contributed by atoms with van der Waals surface area (Å²) < 4.78 is 35.5. The molecule has 0 saturated carbocycles. The SMILES string of the molecule is COCCCOCCS(=O)c1cc(C(=O)O)ccc1F. The van der Waals surface area contributed by atoms with Crippen LogP contribution in [0.3, 0.4) is 0 Å². The van der Waals surface area contributed by atoms with Crippen LogP contribution >= 0.6 is 0 Å². The molecular weight excluding hydrogens is 287 g/mol. The molecule has 0 spiro atoms.